The van der Waals surface area contributed by atoms with Crippen LogP contribution in [0.25, 0.3) is 16.3 Å². The summed E-state index contributed by atoms with van der Waals surface area (Å²) >= 11 is 0. The second-order valence-corrected chi connectivity index (χ2v) is 9.17. The maximum atomic E-state index is 2.45. The van der Waals surface area contributed by atoms with E-state index in [4.69, 9.17) is 0 Å². The lowest BCUT2D eigenvalue weighted by Gasteiger charge is -2.27. The van der Waals surface area contributed by atoms with Gasteiger partial charge in [0.15, 0.2) is 0 Å². The molecule has 0 N–H and O–H groups in total. The van der Waals surface area contributed by atoms with Gasteiger partial charge in [-0.1, -0.05) is 91.9 Å². The van der Waals surface area contributed by atoms with Gasteiger partial charge in [0.1, 0.15) is 0 Å². The van der Waals surface area contributed by atoms with Crippen molar-refractivity contribution in [1.82, 2.24) is 0 Å². The highest BCUT2D eigenvalue weighted by Crippen LogP contribution is 2.46. The molecule has 0 aromatic heterocycles. The summed E-state index contributed by atoms with van der Waals surface area (Å²) in [4.78, 5) is 0. The monoisotopic (exact) mass is 380 g/mol. The summed E-state index contributed by atoms with van der Waals surface area (Å²) in [7, 11) is 0. The molecule has 0 heterocycles. The molecule has 0 amide bonds. The van der Waals surface area contributed by atoms with Crippen LogP contribution < -0.4 is 0 Å². The molecule has 0 bridgehead atoms. The van der Waals surface area contributed by atoms with Crippen LogP contribution in [0.15, 0.2) is 72.3 Å². The van der Waals surface area contributed by atoms with E-state index in [9.17, 15) is 0 Å². The molecule has 2 aliphatic carbocycles. The summed E-state index contributed by atoms with van der Waals surface area (Å²) < 4.78 is 0. The molecule has 0 aliphatic heterocycles. The number of fused-ring (bicyclic) bond motifs is 1. The van der Waals surface area contributed by atoms with E-state index >= 15 is 0 Å². The minimum atomic E-state index is 0.778. The van der Waals surface area contributed by atoms with E-state index in [1.807, 2.05) is 0 Å². The van der Waals surface area contributed by atoms with Crippen molar-refractivity contribution in [3.63, 3.8) is 0 Å². The Morgan fingerprint density at radius 1 is 0.655 bits per heavy atom. The van der Waals surface area contributed by atoms with Crippen LogP contribution in [0.5, 0.6) is 0 Å². The van der Waals surface area contributed by atoms with Crippen molar-refractivity contribution in [2.75, 3.05) is 0 Å². The Labute approximate surface area is 175 Å². The summed E-state index contributed by atoms with van der Waals surface area (Å²) in [6.07, 6.45) is 11.1. The lowest BCUT2D eigenvalue weighted by Crippen LogP contribution is -2.12. The van der Waals surface area contributed by atoms with Crippen molar-refractivity contribution in [1.29, 1.82) is 0 Å². The minimum Gasteiger partial charge on any atom is -0.0622 e. The highest BCUT2D eigenvalue weighted by molar-refractivity contribution is 5.92. The molecule has 2 aliphatic rings. The number of benzene rings is 3. The van der Waals surface area contributed by atoms with E-state index in [-0.39, 0.29) is 0 Å². The van der Waals surface area contributed by atoms with Crippen LogP contribution in [0.4, 0.5) is 0 Å². The second-order valence-electron chi connectivity index (χ2n) is 9.17. The SMILES string of the molecule is Cc1cc(C(=C(C2CCCC2)C2CCCC2)c2ccccc2)cc2ccccc12. The van der Waals surface area contributed by atoms with Gasteiger partial charge in [0.25, 0.3) is 0 Å². The quantitative estimate of drug-likeness (QED) is 0.427. The molecule has 2 saturated carbocycles. The largest absolute Gasteiger partial charge is 0.0622 e. The van der Waals surface area contributed by atoms with Gasteiger partial charge in [-0.15, -0.1) is 0 Å². The van der Waals surface area contributed by atoms with Gasteiger partial charge in [-0.2, -0.15) is 0 Å². The molecule has 3 aromatic rings. The van der Waals surface area contributed by atoms with E-state index in [1.54, 1.807) is 11.1 Å². The van der Waals surface area contributed by atoms with E-state index in [0.29, 0.717) is 0 Å². The molecule has 0 unspecified atom stereocenters. The number of hydrogen-bond donors (Lipinski definition) is 0. The molecule has 3 aromatic carbocycles. The van der Waals surface area contributed by atoms with Crippen molar-refractivity contribution in [3.8, 4) is 0 Å². The van der Waals surface area contributed by atoms with Crippen LogP contribution in [0.2, 0.25) is 0 Å². The van der Waals surface area contributed by atoms with Crippen molar-refractivity contribution < 1.29 is 0 Å². The third-order valence-corrected chi connectivity index (χ3v) is 7.30. The van der Waals surface area contributed by atoms with Gasteiger partial charge < -0.3 is 0 Å². The Bertz CT molecular complexity index is 994. The predicted molar refractivity (Wildman–Crippen MR) is 125 cm³/mol. The summed E-state index contributed by atoms with van der Waals surface area (Å²) in [6, 6.07) is 25.0. The molecular weight excluding hydrogens is 348 g/mol. The van der Waals surface area contributed by atoms with Crippen molar-refractivity contribution >= 4 is 16.3 Å². The summed E-state index contributed by atoms with van der Waals surface area (Å²) in [5, 5.41) is 2.75. The molecule has 148 valence electrons. The molecule has 0 heteroatoms. The topological polar surface area (TPSA) is 0 Å². The van der Waals surface area contributed by atoms with Crippen LogP contribution in [0.1, 0.15) is 68.1 Å². The Morgan fingerprint density at radius 2 is 1.24 bits per heavy atom. The fourth-order valence-electron chi connectivity index (χ4n) is 5.97. The molecule has 29 heavy (non-hydrogen) atoms. The van der Waals surface area contributed by atoms with Gasteiger partial charge in [0.2, 0.25) is 0 Å². The fraction of sp³-hybridized carbons (Fsp3) is 0.379. The third-order valence-electron chi connectivity index (χ3n) is 7.30. The van der Waals surface area contributed by atoms with E-state index < -0.39 is 0 Å². The smallest absolute Gasteiger partial charge is 0.0113 e. The van der Waals surface area contributed by atoms with Crippen LogP contribution >= 0.6 is 0 Å². The molecule has 0 spiro atoms. The average Bonchev–Trinajstić information content (AvgIpc) is 3.47. The normalized spacial score (nSPS) is 17.8. The maximum absolute atomic E-state index is 2.45. The van der Waals surface area contributed by atoms with Gasteiger partial charge in [0, 0.05) is 0 Å². The zero-order chi connectivity index (χ0) is 19.6. The highest BCUT2D eigenvalue weighted by Gasteiger charge is 2.31. The summed E-state index contributed by atoms with van der Waals surface area (Å²) in [5.41, 5.74) is 7.58. The Hall–Kier alpha value is -2.34. The number of allylic oxidation sites excluding steroid dienone is 1. The van der Waals surface area contributed by atoms with Crippen LogP contribution in [-0.2, 0) is 0 Å². The lowest BCUT2D eigenvalue weighted by atomic mass is 9.77. The van der Waals surface area contributed by atoms with Crippen LogP contribution in [0, 0.1) is 18.8 Å². The molecule has 0 saturated heterocycles. The van der Waals surface area contributed by atoms with Crippen molar-refractivity contribution in [2.45, 2.75) is 58.3 Å². The van der Waals surface area contributed by atoms with Crippen LogP contribution in [0.3, 0.4) is 0 Å². The van der Waals surface area contributed by atoms with E-state index in [2.05, 4.69) is 73.7 Å². The standard InChI is InChI=1S/C29H32/c1-21-19-26(20-25-17-9-10-18-27(21)25)29(24-11-3-2-4-12-24)28(22-13-5-6-14-22)23-15-7-8-16-23/h2-4,9-12,17-20,22-23H,5-8,13-16H2,1H3. The molecule has 0 atom stereocenters. The Balaban J connectivity index is 1.78. The zero-order valence-corrected chi connectivity index (χ0v) is 17.7. The van der Waals surface area contributed by atoms with Gasteiger partial charge in [-0.05, 0) is 83.5 Å². The number of hydrogen-bond acceptors (Lipinski definition) is 0. The lowest BCUT2D eigenvalue weighted by molar-refractivity contribution is 0.517. The summed E-state index contributed by atoms with van der Waals surface area (Å²) in [6.45, 7) is 2.28. The van der Waals surface area contributed by atoms with Crippen molar-refractivity contribution in [3.05, 3.63) is 89.0 Å². The van der Waals surface area contributed by atoms with Gasteiger partial charge in [0.05, 0.1) is 0 Å². The van der Waals surface area contributed by atoms with Gasteiger partial charge >= 0.3 is 0 Å². The third kappa shape index (κ3) is 3.66. The van der Waals surface area contributed by atoms with E-state index in [1.165, 1.54) is 78.8 Å². The number of aryl methyl sites for hydroxylation is 1. The maximum Gasteiger partial charge on any atom is -0.0113 e. The van der Waals surface area contributed by atoms with Gasteiger partial charge in [-0.25, -0.2) is 0 Å². The molecule has 5 rings (SSSR count). The first-order valence-corrected chi connectivity index (χ1v) is 11.6. The second kappa shape index (κ2) is 8.19. The highest BCUT2D eigenvalue weighted by atomic mass is 14.4. The first-order valence-electron chi connectivity index (χ1n) is 11.6. The Kier molecular flexibility index (Phi) is 5.27. The minimum absolute atomic E-state index is 0.778. The molecular formula is C29H32. The fourth-order valence-corrected chi connectivity index (χ4v) is 5.97. The summed E-state index contributed by atoms with van der Waals surface area (Å²) in [5.74, 6) is 1.56. The first kappa shape index (κ1) is 18.7. The average molecular weight is 381 g/mol. The van der Waals surface area contributed by atoms with Crippen molar-refractivity contribution in [2.24, 2.45) is 11.8 Å². The van der Waals surface area contributed by atoms with E-state index in [0.717, 1.165) is 11.8 Å². The number of rotatable bonds is 4. The molecule has 2 fully saturated rings. The zero-order valence-electron chi connectivity index (χ0n) is 17.7. The molecule has 0 nitrogen and oxygen atoms in total. The predicted octanol–water partition coefficient (Wildman–Crippen LogP) is 8.33. The Morgan fingerprint density at radius 3 is 1.90 bits per heavy atom. The molecule has 0 radical (unpaired) electrons. The van der Waals surface area contributed by atoms with Crippen LogP contribution in [-0.4, -0.2) is 0 Å². The van der Waals surface area contributed by atoms with Gasteiger partial charge in [-0.3, -0.25) is 0 Å². The first-order chi connectivity index (χ1) is 14.3.